The van der Waals surface area contributed by atoms with E-state index in [0.29, 0.717) is 18.0 Å². The van der Waals surface area contributed by atoms with Crippen LogP contribution in [0.4, 0.5) is 4.39 Å². The first-order valence-electron chi connectivity index (χ1n) is 7.63. The van der Waals surface area contributed by atoms with E-state index in [-0.39, 0.29) is 11.7 Å². The number of hydrogen-bond acceptors (Lipinski definition) is 3. The lowest BCUT2D eigenvalue weighted by Crippen LogP contribution is -2.39. The molecule has 0 bridgehead atoms. The van der Waals surface area contributed by atoms with Crippen molar-refractivity contribution in [2.24, 2.45) is 0 Å². The molecule has 0 fully saturated rings. The Balaban J connectivity index is 2.08. The molecule has 1 amide bonds. The number of methoxy groups -OCH3 is 2. The van der Waals surface area contributed by atoms with Gasteiger partial charge in [-0.1, -0.05) is 18.2 Å². The van der Waals surface area contributed by atoms with Gasteiger partial charge in [0.25, 0.3) is 0 Å². The van der Waals surface area contributed by atoms with E-state index in [1.54, 1.807) is 32.4 Å². The van der Waals surface area contributed by atoms with Crippen molar-refractivity contribution in [2.75, 3.05) is 14.2 Å². The molecule has 1 N–H and O–H groups in total. The summed E-state index contributed by atoms with van der Waals surface area (Å²) in [5, 5.41) is 2.91. The Morgan fingerprint density at radius 3 is 2.25 bits per heavy atom. The Morgan fingerprint density at radius 2 is 1.67 bits per heavy atom. The van der Waals surface area contributed by atoms with E-state index in [4.69, 9.17) is 9.47 Å². The van der Waals surface area contributed by atoms with Crippen molar-refractivity contribution < 1.29 is 18.7 Å². The minimum Gasteiger partial charge on any atom is -0.493 e. The second-order valence-electron chi connectivity index (χ2n) is 6.00. The summed E-state index contributed by atoms with van der Waals surface area (Å²) in [4.78, 5) is 12.5. The van der Waals surface area contributed by atoms with E-state index in [1.807, 2.05) is 26.0 Å². The van der Waals surface area contributed by atoms with E-state index < -0.39 is 5.41 Å². The molecule has 2 aromatic rings. The van der Waals surface area contributed by atoms with Crippen LogP contribution in [0.5, 0.6) is 11.5 Å². The van der Waals surface area contributed by atoms with Crippen molar-refractivity contribution in [1.29, 1.82) is 0 Å². The highest BCUT2D eigenvalue weighted by Crippen LogP contribution is 2.28. The van der Waals surface area contributed by atoms with Gasteiger partial charge in [-0.15, -0.1) is 0 Å². The average molecular weight is 331 g/mol. The van der Waals surface area contributed by atoms with Crippen molar-refractivity contribution in [3.05, 3.63) is 59.4 Å². The van der Waals surface area contributed by atoms with Gasteiger partial charge in [0.15, 0.2) is 11.5 Å². The normalized spacial score (nSPS) is 11.0. The van der Waals surface area contributed by atoms with Gasteiger partial charge in [0.05, 0.1) is 19.6 Å². The molecule has 0 atom stereocenters. The molecule has 24 heavy (non-hydrogen) atoms. The number of carbonyl (C=O) groups excluding carboxylic acids is 1. The lowest BCUT2D eigenvalue weighted by Gasteiger charge is -2.24. The molecule has 2 aromatic carbocycles. The van der Waals surface area contributed by atoms with Crippen LogP contribution in [0.2, 0.25) is 0 Å². The van der Waals surface area contributed by atoms with Gasteiger partial charge in [-0.05, 0) is 49.2 Å². The van der Waals surface area contributed by atoms with Gasteiger partial charge in [-0.25, -0.2) is 4.39 Å². The highest BCUT2D eigenvalue weighted by Gasteiger charge is 2.29. The molecule has 4 nitrogen and oxygen atoms in total. The highest BCUT2D eigenvalue weighted by molar-refractivity contribution is 5.87. The molecule has 5 heteroatoms. The molecule has 0 aliphatic carbocycles. The molecule has 0 aromatic heterocycles. The van der Waals surface area contributed by atoms with Gasteiger partial charge in [0.1, 0.15) is 5.82 Å². The largest absolute Gasteiger partial charge is 0.493 e. The van der Waals surface area contributed by atoms with Gasteiger partial charge in [0.2, 0.25) is 5.91 Å². The summed E-state index contributed by atoms with van der Waals surface area (Å²) in [5.41, 5.74) is 0.897. The average Bonchev–Trinajstić information content (AvgIpc) is 2.59. The van der Waals surface area contributed by atoms with Gasteiger partial charge in [-0.3, -0.25) is 4.79 Å². The quantitative estimate of drug-likeness (QED) is 0.882. The molecule has 0 aliphatic heterocycles. The van der Waals surface area contributed by atoms with Gasteiger partial charge >= 0.3 is 0 Å². The molecular weight excluding hydrogens is 309 g/mol. The van der Waals surface area contributed by atoms with Crippen molar-refractivity contribution in [3.8, 4) is 11.5 Å². The zero-order chi connectivity index (χ0) is 17.7. The lowest BCUT2D eigenvalue weighted by atomic mass is 9.83. The summed E-state index contributed by atoms with van der Waals surface area (Å²) >= 11 is 0. The van der Waals surface area contributed by atoms with Crippen LogP contribution in [0.15, 0.2) is 42.5 Å². The lowest BCUT2D eigenvalue weighted by molar-refractivity contribution is -0.125. The third kappa shape index (κ3) is 3.85. The fourth-order valence-corrected chi connectivity index (χ4v) is 2.39. The SMILES string of the molecule is COc1ccc(CNC(=O)C(C)(C)c2ccc(F)cc2)cc1OC. The molecular formula is C19H22FNO3. The van der Waals surface area contributed by atoms with Gasteiger partial charge < -0.3 is 14.8 Å². The van der Waals surface area contributed by atoms with Crippen LogP contribution in [0.1, 0.15) is 25.0 Å². The number of hydrogen-bond donors (Lipinski definition) is 1. The smallest absolute Gasteiger partial charge is 0.230 e. The number of amides is 1. The Bertz CT molecular complexity index is 711. The minimum atomic E-state index is -0.760. The summed E-state index contributed by atoms with van der Waals surface area (Å²) in [6, 6.07) is 11.5. The highest BCUT2D eigenvalue weighted by atomic mass is 19.1. The second-order valence-corrected chi connectivity index (χ2v) is 6.00. The van der Waals surface area contributed by atoms with Gasteiger partial charge in [0, 0.05) is 6.54 Å². The first-order chi connectivity index (χ1) is 11.4. The van der Waals surface area contributed by atoms with Gasteiger partial charge in [-0.2, -0.15) is 0 Å². The Labute approximate surface area is 141 Å². The number of rotatable bonds is 6. The number of ether oxygens (including phenoxy) is 2. The van der Waals surface area contributed by atoms with Crippen LogP contribution < -0.4 is 14.8 Å². The molecule has 0 aliphatic rings. The maximum absolute atomic E-state index is 13.1. The number of carbonyl (C=O) groups is 1. The van der Waals surface area contributed by atoms with E-state index in [9.17, 15) is 9.18 Å². The van der Waals surface area contributed by atoms with Crippen LogP contribution in [0.25, 0.3) is 0 Å². The van der Waals surface area contributed by atoms with Crippen LogP contribution in [-0.2, 0) is 16.8 Å². The standard InChI is InChI=1S/C19H22FNO3/c1-19(2,14-6-8-15(20)9-7-14)18(22)21-12-13-5-10-16(23-3)17(11-13)24-4/h5-11H,12H2,1-4H3,(H,21,22). The fraction of sp³-hybridized carbons (Fsp3) is 0.316. The van der Waals surface area contributed by atoms with Crippen molar-refractivity contribution >= 4 is 5.91 Å². The molecule has 128 valence electrons. The Hall–Kier alpha value is -2.56. The zero-order valence-corrected chi connectivity index (χ0v) is 14.4. The third-order valence-electron chi connectivity index (χ3n) is 4.03. The predicted molar refractivity (Wildman–Crippen MR) is 90.8 cm³/mol. The first kappa shape index (κ1) is 17.8. The van der Waals surface area contributed by atoms with Crippen LogP contribution in [-0.4, -0.2) is 20.1 Å². The molecule has 0 saturated carbocycles. The topological polar surface area (TPSA) is 47.6 Å². The Morgan fingerprint density at radius 1 is 1.04 bits per heavy atom. The number of benzene rings is 2. The minimum absolute atomic E-state index is 0.135. The third-order valence-corrected chi connectivity index (χ3v) is 4.03. The van der Waals surface area contributed by atoms with Crippen LogP contribution in [0.3, 0.4) is 0 Å². The monoisotopic (exact) mass is 331 g/mol. The van der Waals surface area contributed by atoms with E-state index in [1.165, 1.54) is 12.1 Å². The van der Waals surface area contributed by atoms with E-state index in [2.05, 4.69) is 5.32 Å². The number of halogens is 1. The summed E-state index contributed by atoms with van der Waals surface area (Å²) in [5.74, 6) is 0.797. The molecule has 0 saturated heterocycles. The van der Waals surface area contributed by atoms with E-state index >= 15 is 0 Å². The molecule has 0 spiro atoms. The molecule has 2 rings (SSSR count). The molecule has 0 unspecified atom stereocenters. The zero-order valence-electron chi connectivity index (χ0n) is 14.4. The molecule has 0 radical (unpaired) electrons. The molecule has 0 heterocycles. The van der Waals surface area contributed by atoms with Crippen LogP contribution >= 0.6 is 0 Å². The summed E-state index contributed by atoms with van der Waals surface area (Å²) in [7, 11) is 3.14. The second kappa shape index (κ2) is 7.34. The van der Waals surface area contributed by atoms with Crippen LogP contribution in [0, 0.1) is 5.82 Å². The van der Waals surface area contributed by atoms with E-state index in [0.717, 1.165) is 11.1 Å². The summed E-state index contributed by atoms with van der Waals surface area (Å²) in [6.07, 6.45) is 0. The maximum atomic E-state index is 13.1. The predicted octanol–water partition coefficient (Wildman–Crippen LogP) is 3.44. The summed E-state index contributed by atoms with van der Waals surface area (Å²) in [6.45, 7) is 3.98. The maximum Gasteiger partial charge on any atom is 0.230 e. The van der Waals surface area contributed by atoms with Crippen molar-refractivity contribution in [1.82, 2.24) is 5.32 Å². The fourth-order valence-electron chi connectivity index (χ4n) is 2.39. The van der Waals surface area contributed by atoms with Crippen molar-refractivity contribution in [3.63, 3.8) is 0 Å². The van der Waals surface area contributed by atoms with Crippen molar-refractivity contribution in [2.45, 2.75) is 25.8 Å². The summed E-state index contributed by atoms with van der Waals surface area (Å²) < 4.78 is 23.5. The first-order valence-corrected chi connectivity index (χ1v) is 7.63. The number of nitrogens with one attached hydrogen (secondary N) is 1. The Kier molecular flexibility index (Phi) is 5.44.